The van der Waals surface area contributed by atoms with Crippen molar-refractivity contribution in [3.05, 3.63) is 59.9 Å². The summed E-state index contributed by atoms with van der Waals surface area (Å²) in [6.45, 7) is 12.2. The zero-order valence-corrected chi connectivity index (χ0v) is 23.8. The lowest BCUT2D eigenvalue weighted by Crippen LogP contribution is -2.48. The summed E-state index contributed by atoms with van der Waals surface area (Å²) in [7, 11) is 0. The molecule has 1 saturated carbocycles. The van der Waals surface area contributed by atoms with Crippen molar-refractivity contribution in [2.24, 2.45) is 11.8 Å². The minimum absolute atomic E-state index is 0.303. The Labute approximate surface area is 235 Å². The predicted octanol–water partition coefficient (Wildman–Crippen LogP) is 4.52. The molecule has 0 spiro atoms. The Morgan fingerprint density at radius 2 is 1.98 bits per heavy atom. The van der Waals surface area contributed by atoms with E-state index >= 15 is 0 Å². The Balaban J connectivity index is 1.18. The molecule has 1 saturated heterocycles. The SMILES string of the molecule is CCn1cc(-c2ccc3[nH]c(Cc4cc(CN5CCN(C(=O)C6CC6)CC5)ccn4)nc3c2OCC(C)C)cn1. The molecular weight excluding hydrogens is 502 g/mol. The van der Waals surface area contributed by atoms with Gasteiger partial charge in [-0.25, -0.2) is 4.98 Å². The monoisotopic (exact) mass is 541 g/mol. The number of pyridine rings is 1. The lowest BCUT2D eigenvalue weighted by molar-refractivity contribution is -0.134. The fourth-order valence-corrected chi connectivity index (χ4v) is 5.35. The molecule has 210 valence electrons. The number of ether oxygens (including phenoxy) is 1. The number of piperazine rings is 1. The van der Waals surface area contributed by atoms with E-state index in [0.29, 0.717) is 30.8 Å². The predicted molar refractivity (Wildman–Crippen MR) is 155 cm³/mol. The van der Waals surface area contributed by atoms with E-state index in [1.165, 1.54) is 5.56 Å². The van der Waals surface area contributed by atoms with Crippen molar-refractivity contribution in [2.45, 2.75) is 53.1 Å². The van der Waals surface area contributed by atoms with E-state index < -0.39 is 0 Å². The van der Waals surface area contributed by atoms with Gasteiger partial charge in [0.25, 0.3) is 0 Å². The number of benzene rings is 1. The van der Waals surface area contributed by atoms with Crippen molar-refractivity contribution >= 4 is 16.9 Å². The van der Waals surface area contributed by atoms with Gasteiger partial charge in [0.05, 0.1) is 18.3 Å². The molecule has 2 fully saturated rings. The van der Waals surface area contributed by atoms with Gasteiger partial charge in [0, 0.05) is 80.8 Å². The maximum atomic E-state index is 12.4. The van der Waals surface area contributed by atoms with Crippen molar-refractivity contribution in [1.82, 2.24) is 34.5 Å². The van der Waals surface area contributed by atoms with Crippen molar-refractivity contribution < 1.29 is 9.53 Å². The Hall–Kier alpha value is -3.72. The number of nitrogens with one attached hydrogen (secondary N) is 1. The van der Waals surface area contributed by atoms with E-state index in [0.717, 1.165) is 91.5 Å². The highest BCUT2D eigenvalue weighted by molar-refractivity contribution is 5.90. The number of aromatic amines is 1. The lowest BCUT2D eigenvalue weighted by atomic mass is 10.1. The number of aryl methyl sites for hydroxylation is 1. The molecule has 0 bridgehead atoms. The Kier molecular flexibility index (Phi) is 7.56. The van der Waals surface area contributed by atoms with Crippen LogP contribution in [0.2, 0.25) is 0 Å². The molecule has 0 radical (unpaired) electrons. The van der Waals surface area contributed by atoms with Crippen LogP contribution in [-0.2, 0) is 24.3 Å². The smallest absolute Gasteiger partial charge is 0.225 e. The van der Waals surface area contributed by atoms with E-state index in [-0.39, 0.29) is 0 Å². The number of imidazole rings is 1. The fraction of sp³-hybridized carbons (Fsp3) is 0.484. The molecule has 9 nitrogen and oxygen atoms in total. The van der Waals surface area contributed by atoms with Crippen molar-refractivity contribution in [3.8, 4) is 16.9 Å². The van der Waals surface area contributed by atoms with Crippen molar-refractivity contribution in [1.29, 1.82) is 0 Å². The second-order valence-electron chi connectivity index (χ2n) is 11.5. The summed E-state index contributed by atoms with van der Waals surface area (Å²) in [6, 6.07) is 8.43. The molecule has 1 aromatic carbocycles. The first-order valence-corrected chi connectivity index (χ1v) is 14.6. The lowest BCUT2D eigenvalue weighted by Gasteiger charge is -2.35. The van der Waals surface area contributed by atoms with Crippen LogP contribution in [0.25, 0.3) is 22.2 Å². The number of aromatic nitrogens is 5. The van der Waals surface area contributed by atoms with Gasteiger partial charge in [0.2, 0.25) is 5.91 Å². The maximum Gasteiger partial charge on any atom is 0.225 e. The zero-order chi connectivity index (χ0) is 27.6. The first-order chi connectivity index (χ1) is 19.5. The van der Waals surface area contributed by atoms with Crippen molar-refractivity contribution in [3.63, 3.8) is 0 Å². The van der Waals surface area contributed by atoms with Gasteiger partial charge >= 0.3 is 0 Å². The molecule has 1 aliphatic heterocycles. The van der Waals surface area contributed by atoms with Gasteiger partial charge in [0.1, 0.15) is 11.3 Å². The molecule has 1 aliphatic carbocycles. The topological polar surface area (TPSA) is 92.2 Å². The van der Waals surface area contributed by atoms with Gasteiger partial charge in [-0.1, -0.05) is 13.8 Å². The summed E-state index contributed by atoms with van der Waals surface area (Å²) in [5, 5.41) is 4.46. The van der Waals surface area contributed by atoms with E-state index in [9.17, 15) is 4.79 Å². The second-order valence-corrected chi connectivity index (χ2v) is 11.5. The average Bonchev–Trinajstić information content (AvgIpc) is 3.55. The number of carbonyl (C=O) groups excluding carboxylic acids is 1. The number of nitrogens with zero attached hydrogens (tertiary/aromatic N) is 6. The van der Waals surface area contributed by atoms with Gasteiger partial charge in [-0.3, -0.25) is 19.4 Å². The molecule has 1 N–H and O–H groups in total. The first kappa shape index (κ1) is 26.5. The summed E-state index contributed by atoms with van der Waals surface area (Å²) >= 11 is 0. The summed E-state index contributed by atoms with van der Waals surface area (Å²) in [4.78, 5) is 30.0. The van der Waals surface area contributed by atoms with Crippen LogP contribution < -0.4 is 4.74 Å². The fourth-order valence-electron chi connectivity index (χ4n) is 5.35. The normalized spacial score (nSPS) is 16.2. The van der Waals surface area contributed by atoms with Gasteiger partial charge in [-0.2, -0.15) is 5.10 Å². The quantitative estimate of drug-likeness (QED) is 0.317. The number of hydrogen-bond acceptors (Lipinski definition) is 6. The van der Waals surface area contributed by atoms with Gasteiger partial charge in [-0.05, 0) is 55.5 Å². The molecule has 3 aromatic heterocycles. The number of rotatable bonds is 10. The number of H-pyrrole nitrogens is 1. The Bertz CT molecular complexity index is 1480. The first-order valence-electron chi connectivity index (χ1n) is 14.6. The largest absolute Gasteiger partial charge is 0.490 e. The third-order valence-corrected chi connectivity index (χ3v) is 7.73. The molecule has 1 amide bonds. The van der Waals surface area contributed by atoms with Crippen LogP contribution >= 0.6 is 0 Å². The molecule has 6 rings (SSSR count). The van der Waals surface area contributed by atoms with Gasteiger partial charge in [0.15, 0.2) is 5.75 Å². The van der Waals surface area contributed by atoms with E-state index in [1.54, 1.807) is 0 Å². The third-order valence-electron chi connectivity index (χ3n) is 7.73. The minimum atomic E-state index is 0.303. The Morgan fingerprint density at radius 3 is 2.70 bits per heavy atom. The van der Waals surface area contributed by atoms with Crippen LogP contribution in [0.4, 0.5) is 0 Å². The van der Waals surface area contributed by atoms with Gasteiger partial charge in [-0.15, -0.1) is 0 Å². The van der Waals surface area contributed by atoms with Crippen LogP contribution in [-0.4, -0.2) is 73.2 Å². The molecular formula is C31H39N7O2. The molecule has 4 aromatic rings. The number of fused-ring (bicyclic) bond motifs is 1. The van der Waals surface area contributed by atoms with Crippen LogP contribution in [0, 0.1) is 11.8 Å². The minimum Gasteiger partial charge on any atom is -0.490 e. The van der Waals surface area contributed by atoms with Gasteiger partial charge < -0.3 is 14.6 Å². The molecule has 0 atom stereocenters. The molecule has 9 heteroatoms. The molecule has 2 aliphatic rings. The van der Waals surface area contributed by atoms with Crippen LogP contribution in [0.3, 0.4) is 0 Å². The summed E-state index contributed by atoms with van der Waals surface area (Å²) in [6.07, 6.45) is 8.59. The molecule has 40 heavy (non-hydrogen) atoms. The third kappa shape index (κ3) is 5.89. The highest BCUT2D eigenvalue weighted by Crippen LogP contribution is 2.36. The summed E-state index contributed by atoms with van der Waals surface area (Å²) in [5.74, 6) is 2.72. The van der Waals surface area contributed by atoms with Crippen LogP contribution in [0.5, 0.6) is 5.75 Å². The molecule has 0 unspecified atom stereocenters. The maximum absolute atomic E-state index is 12.4. The standard InChI is InChI=1S/C31H39N7O2/c1-4-38-19-24(17-33-38)26-7-8-27-29(30(26)40-20-21(2)3)35-28(34-27)16-25-15-22(9-10-32-25)18-36-11-13-37(14-12-36)31(39)23-5-6-23/h7-10,15,17,19,21,23H,4-6,11-14,16,18,20H2,1-3H3,(H,34,35). The Morgan fingerprint density at radius 1 is 1.15 bits per heavy atom. The average molecular weight is 542 g/mol. The van der Waals surface area contributed by atoms with E-state index in [1.807, 2.05) is 22.0 Å². The highest BCUT2D eigenvalue weighted by Gasteiger charge is 2.34. The molecule has 4 heterocycles. The van der Waals surface area contributed by atoms with Crippen molar-refractivity contribution in [2.75, 3.05) is 32.8 Å². The summed E-state index contributed by atoms with van der Waals surface area (Å²) in [5.41, 5.74) is 6.04. The highest BCUT2D eigenvalue weighted by atomic mass is 16.5. The number of hydrogen-bond donors (Lipinski definition) is 1. The second kappa shape index (κ2) is 11.4. The van der Waals surface area contributed by atoms with Crippen LogP contribution in [0.15, 0.2) is 42.9 Å². The van der Waals surface area contributed by atoms with E-state index in [2.05, 4.69) is 71.2 Å². The van der Waals surface area contributed by atoms with E-state index in [4.69, 9.17) is 9.72 Å². The number of carbonyl (C=O) groups is 1. The number of amides is 1. The summed E-state index contributed by atoms with van der Waals surface area (Å²) < 4.78 is 8.27. The van der Waals surface area contributed by atoms with Crippen LogP contribution in [0.1, 0.15) is 50.7 Å². The zero-order valence-electron chi connectivity index (χ0n) is 23.8.